The third-order valence-corrected chi connectivity index (χ3v) is 2.93. The van der Waals surface area contributed by atoms with Crippen LogP contribution in [0.4, 0.5) is 0 Å². The fraction of sp³-hybridized carbons (Fsp3) is 1.00. The first-order valence-corrected chi connectivity index (χ1v) is 6.12. The van der Waals surface area contributed by atoms with E-state index in [1.807, 2.05) is 0 Å². The van der Waals surface area contributed by atoms with Crippen LogP contribution < -0.4 is 5.32 Å². The molecule has 0 amide bonds. The maximum atomic E-state index is 5.22. The predicted molar refractivity (Wildman–Crippen MR) is 66.3 cm³/mol. The third kappa shape index (κ3) is 6.13. The maximum Gasteiger partial charge on any atom is 0.0628 e. The fourth-order valence-corrected chi connectivity index (χ4v) is 2.07. The highest BCUT2D eigenvalue weighted by atomic mass is 16.5. The SMILES string of the molecule is CCNC(COC)CN(C)C(CC)CC. The van der Waals surface area contributed by atoms with Crippen LogP contribution in [0.3, 0.4) is 0 Å². The number of hydrogen-bond acceptors (Lipinski definition) is 3. The molecule has 15 heavy (non-hydrogen) atoms. The van der Waals surface area contributed by atoms with Crippen LogP contribution in [0.2, 0.25) is 0 Å². The number of nitrogens with zero attached hydrogens (tertiary/aromatic N) is 1. The summed E-state index contributed by atoms with van der Waals surface area (Å²) in [5, 5.41) is 3.45. The van der Waals surface area contributed by atoms with Crippen molar-refractivity contribution >= 4 is 0 Å². The molecule has 92 valence electrons. The number of ether oxygens (including phenoxy) is 1. The van der Waals surface area contributed by atoms with Gasteiger partial charge < -0.3 is 15.0 Å². The molecule has 0 aromatic carbocycles. The Morgan fingerprint density at radius 2 is 1.80 bits per heavy atom. The highest BCUT2D eigenvalue weighted by molar-refractivity contribution is 4.73. The average Bonchev–Trinajstić information content (AvgIpc) is 2.20. The van der Waals surface area contributed by atoms with E-state index in [0.29, 0.717) is 12.1 Å². The summed E-state index contributed by atoms with van der Waals surface area (Å²) < 4.78 is 5.22. The molecule has 1 unspecified atom stereocenters. The Morgan fingerprint density at radius 1 is 1.20 bits per heavy atom. The molecule has 0 radical (unpaired) electrons. The summed E-state index contributed by atoms with van der Waals surface area (Å²) in [4.78, 5) is 2.44. The van der Waals surface area contributed by atoms with Gasteiger partial charge in [-0.1, -0.05) is 20.8 Å². The Balaban J connectivity index is 4.01. The third-order valence-electron chi connectivity index (χ3n) is 2.93. The summed E-state index contributed by atoms with van der Waals surface area (Å²) in [6, 6.07) is 1.15. The topological polar surface area (TPSA) is 24.5 Å². The number of nitrogens with one attached hydrogen (secondary N) is 1. The number of hydrogen-bond donors (Lipinski definition) is 1. The van der Waals surface area contributed by atoms with Crippen molar-refractivity contribution in [3.05, 3.63) is 0 Å². The monoisotopic (exact) mass is 216 g/mol. The minimum Gasteiger partial charge on any atom is -0.383 e. The van der Waals surface area contributed by atoms with Gasteiger partial charge in [0.05, 0.1) is 6.61 Å². The van der Waals surface area contributed by atoms with Gasteiger partial charge in [-0.15, -0.1) is 0 Å². The Bertz CT molecular complexity index is 132. The van der Waals surface area contributed by atoms with Crippen LogP contribution in [-0.4, -0.2) is 50.8 Å². The molecule has 3 nitrogen and oxygen atoms in total. The van der Waals surface area contributed by atoms with E-state index in [1.54, 1.807) is 7.11 Å². The lowest BCUT2D eigenvalue weighted by molar-refractivity contribution is 0.130. The van der Waals surface area contributed by atoms with Gasteiger partial charge in [-0.05, 0) is 26.4 Å². The van der Waals surface area contributed by atoms with Gasteiger partial charge in [0.1, 0.15) is 0 Å². The van der Waals surface area contributed by atoms with Crippen molar-refractivity contribution in [3.63, 3.8) is 0 Å². The molecule has 0 bridgehead atoms. The number of rotatable bonds is 9. The maximum absolute atomic E-state index is 5.22. The van der Waals surface area contributed by atoms with Crippen molar-refractivity contribution in [2.24, 2.45) is 0 Å². The van der Waals surface area contributed by atoms with Gasteiger partial charge in [0.25, 0.3) is 0 Å². The largest absolute Gasteiger partial charge is 0.383 e. The van der Waals surface area contributed by atoms with Gasteiger partial charge >= 0.3 is 0 Å². The fourth-order valence-electron chi connectivity index (χ4n) is 2.07. The molecule has 0 aliphatic rings. The summed E-state index contributed by atoms with van der Waals surface area (Å²) >= 11 is 0. The summed E-state index contributed by atoms with van der Waals surface area (Å²) in [5.74, 6) is 0. The molecule has 3 heteroatoms. The van der Waals surface area contributed by atoms with Crippen molar-refractivity contribution in [1.29, 1.82) is 0 Å². The van der Waals surface area contributed by atoms with Gasteiger partial charge in [0.2, 0.25) is 0 Å². The van der Waals surface area contributed by atoms with Gasteiger partial charge in [-0.2, -0.15) is 0 Å². The van der Waals surface area contributed by atoms with Gasteiger partial charge in [-0.25, -0.2) is 0 Å². The quantitative estimate of drug-likeness (QED) is 0.635. The van der Waals surface area contributed by atoms with Crippen LogP contribution in [0, 0.1) is 0 Å². The number of likely N-dealkylation sites (N-methyl/N-ethyl adjacent to an activating group) is 2. The Morgan fingerprint density at radius 3 is 2.20 bits per heavy atom. The molecular formula is C12H28N2O. The second-order valence-electron chi connectivity index (χ2n) is 4.12. The standard InChI is InChI=1S/C12H28N2O/c1-6-12(7-2)14(4)9-11(10-15-5)13-8-3/h11-13H,6-10H2,1-5H3. The molecule has 1 N–H and O–H groups in total. The molecule has 0 rings (SSSR count). The van der Waals surface area contributed by atoms with E-state index in [-0.39, 0.29) is 0 Å². The van der Waals surface area contributed by atoms with E-state index in [4.69, 9.17) is 4.74 Å². The van der Waals surface area contributed by atoms with Crippen LogP contribution in [0.5, 0.6) is 0 Å². The Kier molecular flexibility index (Phi) is 9.06. The van der Waals surface area contributed by atoms with Gasteiger partial charge in [0.15, 0.2) is 0 Å². The van der Waals surface area contributed by atoms with E-state index in [1.165, 1.54) is 12.8 Å². The minimum absolute atomic E-state index is 0.450. The van der Waals surface area contributed by atoms with Gasteiger partial charge in [-0.3, -0.25) is 0 Å². The molecule has 0 saturated heterocycles. The zero-order chi connectivity index (χ0) is 11.7. The molecular weight excluding hydrogens is 188 g/mol. The Hall–Kier alpha value is -0.120. The molecule has 0 aliphatic carbocycles. The summed E-state index contributed by atoms with van der Waals surface area (Å²) in [5.41, 5.74) is 0. The first kappa shape index (κ1) is 14.9. The minimum atomic E-state index is 0.450. The second kappa shape index (κ2) is 9.13. The zero-order valence-corrected chi connectivity index (χ0v) is 11.0. The van der Waals surface area contributed by atoms with Crippen LogP contribution in [0.1, 0.15) is 33.6 Å². The Labute approximate surface area is 95.2 Å². The summed E-state index contributed by atoms with van der Waals surface area (Å²) in [6.45, 7) is 9.50. The van der Waals surface area contributed by atoms with Crippen molar-refractivity contribution in [3.8, 4) is 0 Å². The van der Waals surface area contributed by atoms with Crippen molar-refractivity contribution in [2.45, 2.75) is 45.7 Å². The molecule has 0 heterocycles. The number of methoxy groups -OCH3 is 1. The lowest BCUT2D eigenvalue weighted by Gasteiger charge is -2.30. The normalized spacial score (nSPS) is 13.8. The summed E-state index contributed by atoms with van der Waals surface area (Å²) in [7, 11) is 3.97. The first-order valence-electron chi connectivity index (χ1n) is 6.12. The van der Waals surface area contributed by atoms with Crippen molar-refractivity contribution in [1.82, 2.24) is 10.2 Å². The second-order valence-corrected chi connectivity index (χ2v) is 4.12. The molecule has 0 saturated carbocycles. The molecule has 0 fully saturated rings. The van der Waals surface area contributed by atoms with E-state index in [9.17, 15) is 0 Å². The lowest BCUT2D eigenvalue weighted by Crippen LogP contribution is -2.45. The van der Waals surface area contributed by atoms with Crippen molar-refractivity contribution in [2.75, 3.05) is 33.9 Å². The van der Waals surface area contributed by atoms with Crippen LogP contribution in [0.25, 0.3) is 0 Å². The molecule has 0 aromatic rings. The molecule has 1 atom stereocenters. The summed E-state index contributed by atoms with van der Waals surface area (Å²) in [6.07, 6.45) is 2.44. The highest BCUT2D eigenvalue weighted by Gasteiger charge is 2.15. The average molecular weight is 216 g/mol. The lowest BCUT2D eigenvalue weighted by atomic mass is 10.1. The van der Waals surface area contributed by atoms with E-state index >= 15 is 0 Å². The van der Waals surface area contributed by atoms with Crippen LogP contribution >= 0.6 is 0 Å². The van der Waals surface area contributed by atoms with E-state index in [2.05, 4.69) is 38.0 Å². The van der Waals surface area contributed by atoms with Crippen molar-refractivity contribution < 1.29 is 4.74 Å². The van der Waals surface area contributed by atoms with E-state index < -0.39 is 0 Å². The highest BCUT2D eigenvalue weighted by Crippen LogP contribution is 2.06. The van der Waals surface area contributed by atoms with Crippen LogP contribution in [0.15, 0.2) is 0 Å². The zero-order valence-electron chi connectivity index (χ0n) is 11.0. The smallest absolute Gasteiger partial charge is 0.0628 e. The van der Waals surface area contributed by atoms with Crippen LogP contribution in [-0.2, 0) is 4.74 Å². The molecule has 0 aromatic heterocycles. The van der Waals surface area contributed by atoms with E-state index in [0.717, 1.165) is 19.7 Å². The molecule has 0 aliphatic heterocycles. The van der Waals surface area contributed by atoms with Gasteiger partial charge in [0, 0.05) is 25.7 Å². The molecule has 0 spiro atoms. The predicted octanol–water partition coefficient (Wildman–Crippen LogP) is 1.73. The first-order chi connectivity index (χ1) is 7.19.